The first kappa shape index (κ1) is 24.5. The number of hydrogen-bond donors (Lipinski definition) is 1. The van der Waals surface area contributed by atoms with Crippen LogP contribution in [0.2, 0.25) is 0 Å². The van der Waals surface area contributed by atoms with Crippen molar-refractivity contribution in [2.75, 3.05) is 6.61 Å². The first-order valence-corrected chi connectivity index (χ1v) is 13.0. The zero-order valence-corrected chi connectivity index (χ0v) is 20.7. The van der Waals surface area contributed by atoms with Gasteiger partial charge >= 0.3 is 12.1 Å². The molecule has 1 aliphatic heterocycles. The zero-order chi connectivity index (χ0) is 25.2. The molecule has 2 aromatic rings. The van der Waals surface area contributed by atoms with Crippen LogP contribution in [-0.2, 0) is 14.3 Å². The minimum absolute atomic E-state index is 0.0679. The summed E-state index contributed by atoms with van der Waals surface area (Å²) in [7, 11) is 0. The molecule has 1 aromatic carbocycles. The number of amides is 1. The molecule has 1 saturated heterocycles. The molecule has 2 aliphatic carbocycles. The van der Waals surface area contributed by atoms with E-state index in [4.69, 9.17) is 9.47 Å². The lowest BCUT2D eigenvalue weighted by Crippen LogP contribution is -2.48. The largest absolute Gasteiger partial charge is 0.462 e. The van der Waals surface area contributed by atoms with Crippen LogP contribution in [0, 0.1) is 35.4 Å². The van der Waals surface area contributed by atoms with Gasteiger partial charge in [0.05, 0.1) is 18.2 Å². The van der Waals surface area contributed by atoms with Crippen molar-refractivity contribution in [3.8, 4) is 11.1 Å². The molecule has 3 fully saturated rings. The van der Waals surface area contributed by atoms with Crippen molar-refractivity contribution < 1.29 is 23.5 Å². The first-order valence-electron chi connectivity index (χ1n) is 13.0. The molecule has 190 valence electrons. The lowest BCUT2D eigenvalue weighted by Gasteiger charge is -2.47. The van der Waals surface area contributed by atoms with Crippen LogP contribution in [0.1, 0.15) is 45.2 Å². The number of benzene rings is 1. The summed E-state index contributed by atoms with van der Waals surface area (Å²) in [6, 6.07) is 10.4. The molecule has 6 nitrogen and oxygen atoms in total. The van der Waals surface area contributed by atoms with E-state index in [2.05, 4.69) is 16.4 Å². The summed E-state index contributed by atoms with van der Waals surface area (Å²) in [5.74, 6) is 0.629. The van der Waals surface area contributed by atoms with Crippen LogP contribution in [0.4, 0.5) is 9.18 Å². The summed E-state index contributed by atoms with van der Waals surface area (Å²) in [5.41, 5.74) is 2.48. The van der Waals surface area contributed by atoms with E-state index < -0.39 is 0 Å². The summed E-state index contributed by atoms with van der Waals surface area (Å²) in [6.07, 6.45) is 9.07. The Morgan fingerprint density at radius 2 is 2.08 bits per heavy atom. The standard InChI is InChI=1S/C29H33FN2O4/c1-3-35-29(34)32-23-10-11-24-20(14-23)15-26-27(17(2)36-28(26)33)25(24)12-9-22-8-7-19(16-31-22)18-5-4-6-21(30)13-18/h4-9,12-13,16-17,20,23-27H,3,10-11,14-15H2,1-2H3,(H,32,34)/b12-9+/t17-,20+,23+,24-,25+,26+,27-/m0/s1. The average Bonchev–Trinajstić information content (AvgIpc) is 3.15. The van der Waals surface area contributed by atoms with Gasteiger partial charge in [-0.05, 0) is 87.1 Å². The van der Waals surface area contributed by atoms with Gasteiger partial charge in [0.25, 0.3) is 0 Å². The summed E-state index contributed by atoms with van der Waals surface area (Å²) in [4.78, 5) is 29.2. The summed E-state index contributed by atoms with van der Waals surface area (Å²) >= 11 is 0. The number of nitrogens with zero attached hydrogens (tertiary/aromatic N) is 1. The molecule has 0 bridgehead atoms. The Labute approximate surface area is 211 Å². The molecule has 5 rings (SSSR count). The van der Waals surface area contributed by atoms with Crippen LogP contribution in [-0.4, -0.2) is 35.8 Å². The lowest BCUT2D eigenvalue weighted by molar-refractivity contribution is -0.144. The van der Waals surface area contributed by atoms with E-state index in [1.807, 2.05) is 31.2 Å². The summed E-state index contributed by atoms with van der Waals surface area (Å²) in [6.45, 7) is 4.15. The van der Waals surface area contributed by atoms with Crippen LogP contribution in [0.5, 0.6) is 0 Å². The van der Waals surface area contributed by atoms with E-state index in [0.29, 0.717) is 18.4 Å². The number of hydrogen-bond acceptors (Lipinski definition) is 5. The van der Waals surface area contributed by atoms with Crippen molar-refractivity contribution in [2.24, 2.45) is 29.6 Å². The number of ether oxygens (including phenoxy) is 2. The third kappa shape index (κ3) is 5.01. The number of cyclic esters (lactones) is 1. The molecule has 1 aromatic heterocycles. The third-order valence-corrected chi connectivity index (χ3v) is 8.18. The van der Waals surface area contributed by atoms with E-state index in [1.54, 1.807) is 19.2 Å². The number of aromatic nitrogens is 1. The Morgan fingerprint density at radius 1 is 1.22 bits per heavy atom. The van der Waals surface area contributed by atoms with Gasteiger partial charge in [-0.2, -0.15) is 0 Å². The van der Waals surface area contributed by atoms with Crippen LogP contribution in [0.15, 0.2) is 48.7 Å². The first-order chi connectivity index (χ1) is 17.4. The van der Waals surface area contributed by atoms with Crippen LogP contribution >= 0.6 is 0 Å². The molecule has 0 radical (unpaired) electrons. The van der Waals surface area contributed by atoms with Gasteiger partial charge in [-0.3, -0.25) is 9.78 Å². The van der Waals surface area contributed by atoms with Gasteiger partial charge in [-0.1, -0.05) is 24.3 Å². The Bertz CT molecular complexity index is 1130. The second kappa shape index (κ2) is 10.4. The van der Waals surface area contributed by atoms with Crippen molar-refractivity contribution >= 4 is 18.1 Å². The fourth-order valence-electron chi connectivity index (χ4n) is 6.64. The molecule has 7 heteroatoms. The quantitative estimate of drug-likeness (QED) is 0.548. The Kier molecular flexibility index (Phi) is 7.08. The van der Waals surface area contributed by atoms with E-state index in [-0.39, 0.29) is 47.8 Å². The maximum atomic E-state index is 13.6. The van der Waals surface area contributed by atoms with Crippen molar-refractivity contribution in [1.29, 1.82) is 0 Å². The highest BCUT2D eigenvalue weighted by Crippen LogP contribution is 2.53. The highest BCUT2D eigenvalue weighted by molar-refractivity contribution is 5.75. The maximum absolute atomic E-state index is 13.6. The fraction of sp³-hybridized carbons (Fsp3) is 0.483. The molecular weight excluding hydrogens is 459 g/mol. The second-order valence-electron chi connectivity index (χ2n) is 10.3. The van der Waals surface area contributed by atoms with Gasteiger partial charge in [0.2, 0.25) is 0 Å². The van der Waals surface area contributed by atoms with Crippen LogP contribution in [0.25, 0.3) is 17.2 Å². The molecule has 36 heavy (non-hydrogen) atoms. The number of alkyl carbamates (subject to hydrolysis) is 1. The zero-order valence-electron chi connectivity index (χ0n) is 20.7. The predicted molar refractivity (Wildman–Crippen MR) is 134 cm³/mol. The number of fused-ring (bicyclic) bond motifs is 2. The van der Waals surface area contributed by atoms with Gasteiger partial charge in [-0.25, -0.2) is 9.18 Å². The SMILES string of the molecule is CCOC(=O)N[C@@H]1CC[C@H]2[C@H](C1)C[C@H]1C(=O)O[C@@H](C)[C@H]1[C@@H]2/C=C/c1ccc(-c2cccc(F)c2)cn1. The monoisotopic (exact) mass is 492 g/mol. The average molecular weight is 493 g/mol. The number of allylic oxidation sites excluding steroid dienone is 1. The number of esters is 1. The van der Waals surface area contributed by atoms with Crippen molar-refractivity contribution in [3.63, 3.8) is 0 Å². The van der Waals surface area contributed by atoms with Gasteiger partial charge in [-0.15, -0.1) is 0 Å². The minimum Gasteiger partial charge on any atom is -0.462 e. The molecule has 1 amide bonds. The number of pyridine rings is 1. The molecule has 2 saturated carbocycles. The van der Waals surface area contributed by atoms with Gasteiger partial charge in [0.15, 0.2) is 0 Å². The summed E-state index contributed by atoms with van der Waals surface area (Å²) in [5, 5.41) is 3.00. The molecule has 7 atom stereocenters. The number of rotatable bonds is 5. The normalized spacial score (nSPS) is 31.4. The highest BCUT2D eigenvalue weighted by Gasteiger charge is 2.54. The Morgan fingerprint density at radius 3 is 2.83 bits per heavy atom. The number of carbonyl (C=O) groups is 2. The van der Waals surface area contributed by atoms with Crippen LogP contribution in [0.3, 0.4) is 0 Å². The maximum Gasteiger partial charge on any atom is 0.407 e. The van der Waals surface area contributed by atoms with Gasteiger partial charge in [0, 0.05) is 23.7 Å². The minimum atomic E-state index is -0.368. The number of nitrogens with one attached hydrogen (secondary N) is 1. The third-order valence-electron chi connectivity index (χ3n) is 8.18. The van der Waals surface area contributed by atoms with Crippen molar-refractivity contribution in [1.82, 2.24) is 10.3 Å². The van der Waals surface area contributed by atoms with E-state index in [9.17, 15) is 14.0 Å². The highest BCUT2D eigenvalue weighted by atomic mass is 19.1. The lowest BCUT2D eigenvalue weighted by atomic mass is 9.57. The fourth-order valence-corrected chi connectivity index (χ4v) is 6.64. The molecule has 2 heterocycles. The molecule has 1 N–H and O–H groups in total. The van der Waals surface area contributed by atoms with Gasteiger partial charge < -0.3 is 14.8 Å². The topological polar surface area (TPSA) is 77.5 Å². The van der Waals surface area contributed by atoms with E-state index in [0.717, 1.165) is 42.5 Å². The molecule has 0 unspecified atom stereocenters. The number of carbonyl (C=O) groups excluding carboxylic acids is 2. The molecular formula is C29H33FN2O4. The molecule has 3 aliphatic rings. The van der Waals surface area contributed by atoms with E-state index >= 15 is 0 Å². The van der Waals surface area contributed by atoms with Crippen molar-refractivity contribution in [3.05, 3.63) is 60.2 Å². The Hall–Kier alpha value is -3.22. The second-order valence-corrected chi connectivity index (χ2v) is 10.3. The van der Waals surface area contributed by atoms with Crippen molar-refractivity contribution in [2.45, 2.75) is 51.7 Å². The van der Waals surface area contributed by atoms with E-state index in [1.165, 1.54) is 12.1 Å². The summed E-state index contributed by atoms with van der Waals surface area (Å²) < 4.78 is 24.3. The Balaban J connectivity index is 1.34. The number of halogens is 1. The van der Waals surface area contributed by atoms with Gasteiger partial charge in [0.1, 0.15) is 11.9 Å². The molecule has 0 spiro atoms. The predicted octanol–water partition coefficient (Wildman–Crippen LogP) is 5.63. The van der Waals surface area contributed by atoms with Crippen LogP contribution < -0.4 is 5.32 Å². The smallest absolute Gasteiger partial charge is 0.407 e.